The predicted molar refractivity (Wildman–Crippen MR) is 53.8 cm³/mol. The Morgan fingerprint density at radius 1 is 1.29 bits per heavy atom. The molecule has 0 aromatic carbocycles. The molecule has 14 heavy (non-hydrogen) atoms. The maximum atomic E-state index is 11.2. The van der Waals surface area contributed by atoms with Gasteiger partial charge in [-0.1, -0.05) is 6.92 Å². The van der Waals surface area contributed by atoms with E-state index in [1.807, 2.05) is 20.8 Å². The van der Waals surface area contributed by atoms with Crippen LogP contribution in [-0.4, -0.2) is 24.5 Å². The second kappa shape index (κ2) is 5.62. The number of nitrogens with one attached hydrogen (secondary N) is 1. The standard InChI is InChI=1S/C10H19NO3/c1-5-10(2,3)14-9(13)7-6-8(12)11-4/h5-7H2,1-4H3,(H,11,12). The molecule has 0 aliphatic carbocycles. The van der Waals surface area contributed by atoms with Crippen LogP contribution in [0.4, 0.5) is 0 Å². The normalized spacial score (nSPS) is 10.9. The summed E-state index contributed by atoms with van der Waals surface area (Å²) in [6.45, 7) is 5.65. The van der Waals surface area contributed by atoms with E-state index >= 15 is 0 Å². The molecule has 0 unspecified atom stereocenters. The lowest BCUT2D eigenvalue weighted by Gasteiger charge is -2.23. The summed E-state index contributed by atoms with van der Waals surface area (Å²) in [7, 11) is 1.55. The van der Waals surface area contributed by atoms with Crippen molar-refractivity contribution in [2.75, 3.05) is 7.05 Å². The summed E-state index contributed by atoms with van der Waals surface area (Å²) in [5.41, 5.74) is -0.431. The highest BCUT2D eigenvalue weighted by Gasteiger charge is 2.20. The smallest absolute Gasteiger partial charge is 0.306 e. The van der Waals surface area contributed by atoms with Crippen LogP contribution in [-0.2, 0) is 14.3 Å². The van der Waals surface area contributed by atoms with Gasteiger partial charge in [-0.3, -0.25) is 9.59 Å². The average molecular weight is 201 g/mol. The molecule has 4 heteroatoms. The molecule has 0 aliphatic heterocycles. The lowest BCUT2D eigenvalue weighted by atomic mass is 10.1. The van der Waals surface area contributed by atoms with E-state index in [4.69, 9.17) is 4.74 Å². The van der Waals surface area contributed by atoms with Gasteiger partial charge in [-0.15, -0.1) is 0 Å². The van der Waals surface area contributed by atoms with Crippen LogP contribution in [0.1, 0.15) is 40.0 Å². The minimum atomic E-state index is -0.431. The highest BCUT2D eigenvalue weighted by Crippen LogP contribution is 2.14. The fraction of sp³-hybridized carbons (Fsp3) is 0.800. The molecule has 4 nitrogen and oxygen atoms in total. The molecule has 0 fully saturated rings. The molecule has 0 radical (unpaired) electrons. The number of esters is 1. The van der Waals surface area contributed by atoms with Crippen LogP contribution < -0.4 is 5.32 Å². The first-order valence-corrected chi connectivity index (χ1v) is 4.83. The summed E-state index contributed by atoms with van der Waals surface area (Å²) in [5.74, 6) is -0.461. The molecule has 0 bridgehead atoms. The molecule has 0 atom stereocenters. The Morgan fingerprint density at radius 3 is 2.29 bits per heavy atom. The molecule has 0 spiro atoms. The minimum Gasteiger partial charge on any atom is -0.460 e. The third kappa shape index (κ3) is 5.56. The van der Waals surface area contributed by atoms with Crippen molar-refractivity contribution in [3.05, 3.63) is 0 Å². The van der Waals surface area contributed by atoms with E-state index < -0.39 is 5.60 Å². The number of hydrogen-bond donors (Lipinski definition) is 1. The van der Waals surface area contributed by atoms with E-state index in [1.54, 1.807) is 7.05 Å². The third-order valence-electron chi connectivity index (χ3n) is 2.08. The van der Waals surface area contributed by atoms with E-state index in [2.05, 4.69) is 5.32 Å². The molecular weight excluding hydrogens is 182 g/mol. The van der Waals surface area contributed by atoms with Gasteiger partial charge in [0.25, 0.3) is 0 Å². The zero-order valence-electron chi connectivity index (χ0n) is 9.35. The minimum absolute atomic E-state index is 0.142. The van der Waals surface area contributed by atoms with Gasteiger partial charge < -0.3 is 10.1 Å². The van der Waals surface area contributed by atoms with E-state index in [0.717, 1.165) is 6.42 Å². The highest BCUT2D eigenvalue weighted by atomic mass is 16.6. The topological polar surface area (TPSA) is 55.4 Å². The molecule has 1 N–H and O–H groups in total. The number of ether oxygens (including phenoxy) is 1. The zero-order chi connectivity index (χ0) is 11.2. The summed E-state index contributed by atoms with van der Waals surface area (Å²) >= 11 is 0. The molecule has 1 amide bonds. The zero-order valence-corrected chi connectivity index (χ0v) is 9.35. The number of amides is 1. The number of carbonyl (C=O) groups is 2. The van der Waals surface area contributed by atoms with Gasteiger partial charge in [-0.25, -0.2) is 0 Å². The van der Waals surface area contributed by atoms with Gasteiger partial charge in [-0.05, 0) is 20.3 Å². The average Bonchev–Trinajstić information content (AvgIpc) is 2.13. The second-order valence-electron chi connectivity index (χ2n) is 3.76. The van der Waals surface area contributed by atoms with Crippen molar-refractivity contribution in [3.63, 3.8) is 0 Å². The van der Waals surface area contributed by atoms with Gasteiger partial charge in [-0.2, -0.15) is 0 Å². The number of rotatable bonds is 5. The van der Waals surface area contributed by atoms with Crippen LogP contribution in [0.5, 0.6) is 0 Å². The summed E-state index contributed by atoms with van der Waals surface area (Å²) in [4.78, 5) is 22.1. The fourth-order valence-corrected chi connectivity index (χ4v) is 0.772. The maximum Gasteiger partial charge on any atom is 0.306 e. The van der Waals surface area contributed by atoms with Gasteiger partial charge in [0.2, 0.25) is 5.91 Å². The van der Waals surface area contributed by atoms with E-state index in [0.29, 0.717) is 0 Å². The Bertz CT molecular complexity index is 211. The van der Waals surface area contributed by atoms with Gasteiger partial charge >= 0.3 is 5.97 Å². The molecular formula is C10H19NO3. The third-order valence-corrected chi connectivity index (χ3v) is 2.08. The van der Waals surface area contributed by atoms with Crippen molar-refractivity contribution in [2.24, 2.45) is 0 Å². The van der Waals surface area contributed by atoms with Gasteiger partial charge in [0.05, 0.1) is 6.42 Å². The molecule has 0 heterocycles. The summed E-state index contributed by atoms with van der Waals surface area (Å²) < 4.78 is 5.16. The Labute approximate surface area is 85.0 Å². The van der Waals surface area contributed by atoms with Crippen LogP contribution in [0.25, 0.3) is 0 Å². The molecule has 0 aromatic rings. The van der Waals surface area contributed by atoms with Crippen LogP contribution in [0, 0.1) is 0 Å². The quantitative estimate of drug-likeness (QED) is 0.681. The molecule has 0 aliphatic rings. The largest absolute Gasteiger partial charge is 0.460 e. The summed E-state index contributed by atoms with van der Waals surface area (Å²) in [6, 6.07) is 0. The van der Waals surface area contributed by atoms with Crippen molar-refractivity contribution in [3.8, 4) is 0 Å². The van der Waals surface area contributed by atoms with Gasteiger partial charge in [0.15, 0.2) is 0 Å². The monoisotopic (exact) mass is 201 g/mol. The lowest BCUT2D eigenvalue weighted by molar-refractivity contribution is -0.157. The van der Waals surface area contributed by atoms with Crippen LogP contribution in [0.2, 0.25) is 0 Å². The Hall–Kier alpha value is -1.06. The van der Waals surface area contributed by atoms with E-state index in [1.165, 1.54) is 0 Å². The summed E-state index contributed by atoms with van der Waals surface area (Å²) in [5, 5.41) is 2.45. The highest BCUT2D eigenvalue weighted by molar-refractivity contribution is 5.81. The predicted octanol–water partition coefficient (Wildman–Crippen LogP) is 1.24. The van der Waals surface area contributed by atoms with Crippen LogP contribution in [0.15, 0.2) is 0 Å². The van der Waals surface area contributed by atoms with Gasteiger partial charge in [0.1, 0.15) is 5.60 Å². The van der Waals surface area contributed by atoms with Crippen LogP contribution in [0.3, 0.4) is 0 Å². The lowest BCUT2D eigenvalue weighted by Crippen LogP contribution is -2.28. The van der Waals surface area contributed by atoms with Crippen molar-refractivity contribution in [1.82, 2.24) is 5.32 Å². The van der Waals surface area contributed by atoms with Crippen molar-refractivity contribution >= 4 is 11.9 Å². The maximum absolute atomic E-state index is 11.2. The number of carbonyl (C=O) groups excluding carboxylic acids is 2. The fourth-order valence-electron chi connectivity index (χ4n) is 0.772. The first kappa shape index (κ1) is 12.9. The Morgan fingerprint density at radius 2 is 1.86 bits per heavy atom. The van der Waals surface area contributed by atoms with Crippen molar-refractivity contribution < 1.29 is 14.3 Å². The Kier molecular flexibility index (Phi) is 5.20. The number of hydrogen-bond acceptors (Lipinski definition) is 3. The Balaban J connectivity index is 3.82. The van der Waals surface area contributed by atoms with Crippen molar-refractivity contribution in [1.29, 1.82) is 0 Å². The molecule has 82 valence electrons. The molecule has 0 rings (SSSR count). The van der Waals surface area contributed by atoms with E-state index in [-0.39, 0.29) is 24.7 Å². The molecule has 0 saturated heterocycles. The first-order valence-electron chi connectivity index (χ1n) is 4.83. The second-order valence-corrected chi connectivity index (χ2v) is 3.76. The first-order chi connectivity index (χ1) is 6.41. The SMILES string of the molecule is CCC(C)(C)OC(=O)CCC(=O)NC. The van der Waals surface area contributed by atoms with Gasteiger partial charge in [0, 0.05) is 13.5 Å². The van der Waals surface area contributed by atoms with Crippen molar-refractivity contribution in [2.45, 2.75) is 45.6 Å². The summed E-state index contributed by atoms with van der Waals surface area (Å²) in [6.07, 6.45) is 1.09. The van der Waals surface area contributed by atoms with E-state index in [9.17, 15) is 9.59 Å². The molecule has 0 saturated carbocycles. The molecule has 0 aromatic heterocycles. The van der Waals surface area contributed by atoms with Crippen LogP contribution >= 0.6 is 0 Å².